The maximum atomic E-state index is 13.6. The molecule has 1 aromatic carbocycles. The summed E-state index contributed by atoms with van der Waals surface area (Å²) in [4.78, 5) is 8.09. The van der Waals surface area contributed by atoms with E-state index in [0.717, 1.165) is 0 Å². The summed E-state index contributed by atoms with van der Waals surface area (Å²) in [6, 6.07) is 5.97. The first-order valence-corrected chi connectivity index (χ1v) is 5.86. The van der Waals surface area contributed by atoms with E-state index >= 15 is 0 Å². The average molecular weight is 287 g/mol. The molecule has 3 nitrogen and oxygen atoms in total. The Hall–Kier alpha value is -1.39. The van der Waals surface area contributed by atoms with Crippen LogP contribution in [0.4, 0.5) is 4.39 Å². The van der Waals surface area contributed by atoms with Crippen LogP contribution in [0.3, 0.4) is 0 Å². The predicted octanol–water partition coefficient (Wildman–Crippen LogP) is 3.52. The van der Waals surface area contributed by atoms with Crippen molar-refractivity contribution in [2.24, 2.45) is 0 Å². The Morgan fingerprint density at radius 3 is 2.72 bits per heavy atom. The smallest absolute Gasteiger partial charge is 0.217 e. The molecule has 0 saturated carbocycles. The lowest BCUT2D eigenvalue weighted by Crippen LogP contribution is -2.01. The van der Waals surface area contributed by atoms with E-state index in [4.69, 9.17) is 27.9 Å². The molecule has 0 atom stereocenters. The van der Waals surface area contributed by atoms with E-state index in [1.807, 2.05) is 0 Å². The van der Waals surface area contributed by atoms with Gasteiger partial charge >= 0.3 is 0 Å². The van der Waals surface area contributed by atoms with Crippen molar-refractivity contribution in [3.8, 4) is 5.88 Å². The number of nitrogens with zero attached hydrogens (tertiary/aromatic N) is 2. The quantitative estimate of drug-likeness (QED) is 0.810. The minimum Gasteiger partial charge on any atom is -0.481 e. The largest absolute Gasteiger partial charge is 0.481 e. The molecule has 6 heteroatoms. The Balaban J connectivity index is 2.37. The number of halogens is 3. The molecule has 0 aliphatic carbocycles. The molecule has 2 aromatic rings. The van der Waals surface area contributed by atoms with Gasteiger partial charge in [-0.1, -0.05) is 29.3 Å². The zero-order chi connectivity index (χ0) is 13.1. The molecular formula is C12H9Cl2FN2O. The standard InChI is InChI=1S/C12H9Cl2FN2O/c1-18-12-6-10(14)16-11(17-12)5-7-8(13)3-2-4-9(7)15/h2-4,6H,5H2,1H3. The Morgan fingerprint density at radius 2 is 2.06 bits per heavy atom. The van der Waals surface area contributed by atoms with Crippen LogP contribution in [-0.2, 0) is 6.42 Å². The summed E-state index contributed by atoms with van der Waals surface area (Å²) in [6.45, 7) is 0. The van der Waals surface area contributed by atoms with Gasteiger partial charge in [0, 0.05) is 23.1 Å². The van der Waals surface area contributed by atoms with Crippen molar-refractivity contribution in [1.29, 1.82) is 0 Å². The Morgan fingerprint density at radius 1 is 1.28 bits per heavy atom. The molecule has 0 saturated heterocycles. The molecule has 2 rings (SSSR count). The van der Waals surface area contributed by atoms with Crippen LogP contribution in [0.15, 0.2) is 24.3 Å². The number of hydrogen-bond donors (Lipinski definition) is 0. The van der Waals surface area contributed by atoms with Crippen LogP contribution >= 0.6 is 23.2 Å². The van der Waals surface area contributed by atoms with Crippen LogP contribution in [0.25, 0.3) is 0 Å². The van der Waals surface area contributed by atoms with Crippen molar-refractivity contribution in [2.75, 3.05) is 7.11 Å². The summed E-state index contributed by atoms with van der Waals surface area (Å²) in [5.74, 6) is 0.286. The van der Waals surface area contributed by atoms with Crippen molar-refractivity contribution in [3.05, 3.63) is 51.6 Å². The molecule has 94 valence electrons. The zero-order valence-electron chi connectivity index (χ0n) is 9.45. The first-order chi connectivity index (χ1) is 8.60. The first kappa shape index (κ1) is 13.1. The second-order valence-electron chi connectivity index (χ2n) is 3.53. The van der Waals surface area contributed by atoms with E-state index in [1.165, 1.54) is 19.2 Å². The molecule has 0 bridgehead atoms. The maximum Gasteiger partial charge on any atom is 0.217 e. The van der Waals surface area contributed by atoms with Crippen LogP contribution in [0.1, 0.15) is 11.4 Å². The minimum atomic E-state index is -0.398. The second-order valence-corrected chi connectivity index (χ2v) is 4.32. The molecular weight excluding hydrogens is 278 g/mol. The first-order valence-electron chi connectivity index (χ1n) is 5.10. The molecule has 1 aromatic heterocycles. The van der Waals surface area contributed by atoms with E-state index in [2.05, 4.69) is 9.97 Å². The predicted molar refractivity (Wildman–Crippen MR) is 67.8 cm³/mol. The summed E-state index contributed by atoms with van der Waals surface area (Å²) in [6.07, 6.45) is 0.155. The van der Waals surface area contributed by atoms with Crippen LogP contribution in [0.5, 0.6) is 5.88 Å². The van der Waals surface area contributed by atoms with Crippen LogP contribution in [-0.4, -0.2) is 17.1 Å². The van der Waals surface area contributed by atoms with Gasteiger partial charge < -0.3 is 4.74 Å². The van der Waals surface area contributed by atoms with Crippen LogP contribution < -0.4 is 4.74 Å². The molecule has 18 heavy (non-hydrogen) atoms. The third kappa shape index (κ3) is 2.89. The van der Waals surface area contributed by atoms with Crippen LogP contribution in [0.2, 0.25) is 10.2 Å². The lowest BCUT2D eigenvalue weighted by Gasteiger charge is -2.06. The highest BCUT2D eigenvalue weighted by Crippen LogP contribution is 2.22. The fraction of sp³-hybridized carbons (Fsp3) is 0.167. The summed E-state index contributed by atoms with van der Waals surface area (Å²) >= 11 is 11.7. The average Bonchev–Trinajstić information content (AvgIpc) is 2.33. The molecule has 0 radical (unpaired) electrons. The van der Waals surface area contributed by atoms with E-state index < -0.39 is 5.82 Å². The normalized spacial score (nSPS) is 10.4. The lowest BCUT2D eigenvalue weighted by atomic mass is 10.1. The summed E-state index contributed by atoms with van der Waals surface area (Å²) in [7, 11) is 1.47. The SMILES string of the molecule is COc1cc(Cl)nc(Cc2c(F)cccc2Cl)n1. The van der Waals surface area contributed by atoms with E-state index in [1.54, 1.807) is 12.1 Å². The summed E-state index contributed by atoms with van der Waals surface area (Å²) < 4.78 is 18.6. The molecule has 0 aliphatic heterocycles. The van der Waals surface area contributed by atoms with Gasteiger partial charge in [-0.25, -0.2) is 9.37 Å². The molecule has 0 amide bonds. The molecule has 1 heterocycles. The van der Waals surface area contributed by atoms with E-state index in [-0.39, 0.29) is 11.6 Å². The molecule has 0 spiro atoms. The topological polar surface area (TPSA) is 35.0 Å². The number of ether oxygens (including phenoxy) is 1. The number of aromatic nitrogens is 2. The van der Waals surface area contributed by atoms with Crippen molar-refractivity contribution in [2.45, 2.75) is 6.42 Å². The van der Waals surface area contributed by atoms with E-state index in [0.29, 0.717) is 22.3 Å². The second kappa shape index (κ2) is 5.50. The summed E-state index contributed by atoms with van der Waals surface area (Å²) in [5.41, 5.74) is 0.337. The Kier molecular flexibility index (Phi) is 3.99. The highest BCUT2D eigenvalue weighted by molar-refractivity contribution is 6.31. The number of hydrogen-bond acceptors (Lipinski definition) is 3. The highest BCUT2D eigenvalue weighted by Gasteiger charge is 2.11. The fourth-order valence-corrected chi connectivity index (χ4v) is 1.91. The third-order valence-corrected chi connectivity index (χ3v) is 2.87. The zero-order valence-corrected chi connectivity index (χ0v) is 11.0. The van der Waals surface area contributed by atoms with Gasteiger partial charge in [-0.3, -0.25) is 0 Å². The van der Waals surface area contributed by atoms with Gasteiger partial charge in [0.25, 0.3) is 0 Å². The van der Waals surface area contributed by atoms with Gasteiger partial charge in [-0.15, -0.1) is 0 Å². The molecule has 0 aliphatic rings. The van der Waals surface area contributed by atoms with Crippen molar-refractivity contribution < 1.29 is 9.13 Å². The third-order valence-electron chi connectivity index (χ3n) is 2.32. The van der Waals surface area contributed by atoms with Gasteiger partial charge in [0.05, 0.1) is 7.11 Å². The summed E-state index contributed by atoms with van der Waals surface area (Å²) in [5, 5.41) is 0.571. The Labute approximate surface area is 114 Å². The molecule has 0 N–H and O–H groups in total. The van der Waals surface area contributed by atoms with Crippen molar-refractivity contribution >= 4 is 23.2 Å². The molecule has 0 unspecified atom stereocenters. The Bertz CT molecular complexity index is 558. The monoisotopic (exact) mass is 286 g/mol. The van der Waals surface area contributed by atoms with Gasteiger partial charge in [0.2, 0.25) is 5.88 Å². The van der Waals surface area contributed by atoms with Gasteiger partial charge in [0.1, 0.15) is 16.8 Å². The van der Waals surface area contributed by atoms with E-state index in [9.17, 15) is 4.39 Å². The maximum absolute atomic E-state index is 13.6. The van der Waals surface area contributed by atoms with Gasteiger partial charge in [-0.05, 0) is 12.1 Å². The number of rotatable bonds is 3. The highest BCUT2D eigenvalue weighted by atomic mass is 35.5. The van der Waals surface area contributed by atoms with Gasteiger partial charge in [0.15, 0.2) is 0 Å². The van der Waals surface area contributed by atoms with Crippen molar-refractivity contribution in [1.82, 2.24) is 9.97 Å². The van der Waals surface area contributed by atoms with Crippen LogP contribution in [0, 0.1) is 5.82 Å². The fourth-order valence-electron chi connectivity index (χ4n) is 1.48. The van der Waals surface area contributed by atoms with Crippen molar-refractivity contribution in [3.63, 3.8) is 0 Å². The lowest BCUT2D eigenvalue weighted by molar-refractivity contribution is 0.395. The number of benzene rings is 1. The minimum absolute atomic E-state index is 0.155. The molecule has 0 fully saturated rings. The number of methoxy groups -OCH3 is 1. The van der Waals surface area contributed by atoms with Gasteiger partial charge in [-0.2, -0.15) is 4.98 Å².